The Bertz CT molecular complexity index is 1190. The predicted octanol–water partition coefficient (Wildman–Crippen LogP) is 4.69. The van der Waals surface area contributed by atoms with E-state index in [4.69, 9.17) is 11.6 Å². The number of fused-ring (bicyclic) bond motifs is 1. The van der Waals surface area contributed by atoms with Gasteiger partial charge in [0.1, 0.15) is 5.69 Å². The van der Waals surface area contributed by atoms with Crippen molar-refractivity contribution in [2.75, 3.05) is 0 Å². The Labute approximate surface area is 161 Å². The minimum absolute atomic E-state index is 0.158. The van der Waals surface area contributed by atoms with E-state index in [-0.39, 0.29) is 16.9 Å². The van der Waals surface area contributed by atoms with Crippen LogP contribution in [-0.4, -0.2) is 25.4 Å². The second-order valence-corrected chi connectivity index (χ2v) is 6.33. The minimum atomic E-state index is -4.46. The maximum Gasteiger partial charge on any atom is 0.416 e. The second kappa shape index (κ2) is 6.72. The van der Waals surface area contributed by atoms with Gasteiger partial charge in [-0.2, -0.15) is 18.3 Å². The average molecular weight is 403 g/mol. The standard InChI is InChI=1S/C19H10ClF3N4O/c20-13-4-5-15(25-9-13)17(28)14-10-26-27-16(6-7-24-18(14)27)11-2-1-3-12(8-11)19(21,22)23/h1-10H. The first-order valence-electron chi connectivity index (χ1n) is 8.01. The van der Waals surface area contributed by atoms with Crippen LogP contribution in [0.1, 0.15) is 21.6 Å². The smallest absolute Gasteiger partial charge is 0.287 e. The third-order valence-electron chi connectivity index (χ3n) is 4.09. The van der Waals surface area contributed by atoms with E-state index in [1.54, 1.807) is 0 Å². The first-order chi connectivity index (χ1) is 13.3. The van der Waals surface area contributed by atoms with Crippen LogP contribution in [0.4, 0.5) is 13.2 Å². The van der Waals surface area contributed by atoms with Gasteiger partial charge in [0.25, 0.3) is 0 Å². The largest absolute Gasteiger partial charge is 0.416 e. The summed E-state index contributed by atoms with van der Waals surface area (Å²) in [4.78, 5) is 20.9. The summed E-state index contributed by atoms with van der Waals surface area (Å²) >= 11 is 5.79. The molecule has 1 aromatic carbocycles. The van der Waals surface area contributed by atoms with E-state index in [2.05, 4.69) is 15.1 Å². The third-order valence-corrected chi connectivity index (χ3v) is 4.32. The van der Waals surface area contributed by atoms with Crippen LogP contribution >= 0.6 is 11.6 Å². The quantitative estimate of drug-likeness (QED) is 0.466. The number of aromatic nitrogens is 4. The molecule has 0 saturated carbocycles. The van der Waals surface area contributed by atoms with E-state index in [1.165, 1.54) is 53.4 Å². The van der Waals surface area contributed by atoms with Crippen molar-refractivity contribution < 1.29 is 18.0 Å². The van der Waals surface area contributed by atoms with Crippen LogP contribution in [0.25, 0.3) is 16.9 Å². The molecule has 0 spiro atoms. The highest BCUT2D eigenvalue weighted by Gasteiger charge is 2.30. The van der Waals surface area contributed by atoms with Crippen LogP contribution in [0.2, 0.25) is 5.02 Å². The maximum absolute atomic E-state index is 13.0. The molecular weight excluding hydrogens is 393 g/mol. The second-order valence-electron chi connectivity index (χ2n) is 5.89. The molecule has 0 aliphatic heterocycles. The zero-order chi connectivity index (χ0) is 19.9. The van der Waals surface area contributed by atoms with Crippen LogP contribution in [0.5, 0.6) is 0 Å². The van der Waals surface area contributed by atoms with Crippen LogP contribution in [-0.2, 0) is 6.18 Å². The summed E-state index contributed by atoms with van der Waals surface area (Å²) in [6.45, 7) is 0. The molecule has 4 rings (SSSR count). The number of halogens is 4. The number of pyridine rings is 1. The fourth-order valence-electron chi connectivity index (χ4n) is 2.77. The maximum atomic E-state index is 13.0. The molecule has 0 saturated heterocycles. The lowest BCUT2D eigenvalue weighted by atomic mass is 10.1. The fraction of sp³-hybridized carbons (Fsp3) is 0.0526. The molecule has 0 aliphatic carbocycles. The Morgan fingerprint density at radius 3 is 2.57 bits per heavy atom. The lowest BCUT2D eigenvalue weighted by molar-refractivity contribution is -0.137. The van der Waals surface area contributed by atoms with Crippen LogP contribution in [0, 0.1) is 0 Å². The highest BCUT2D eigenvalue weighted by atomic mass is 35.5. The Balaban J connectivity index is 1.82. The molecule has 0 unspecified atom stereocenters. The molecule has 140 valence electrons. The zero-order valence-electron chi connectivity index (χ0n) is 14.0. The number of rotatable bonds is 3. The number of carbonyl (C=O) groups is 1. The van der Waals surface area contributed by atoms with Crippen molar-refractivity contribution >= 4 is 23.0 Å². The molecule has 5 nitrogen and oxygen atoms in total. The summed E-state index contributed by atoms with van der Waals surface area (Å²) in [5.74, 6) is -0.416. The summed E-state index contributed by atoms with van der Waals surface area (Å²) in [5.41, 5.74) is 0.461. The van der Waals surface area contributed by atoms with Gasteiger partial charge in [-0.15, -0.1) is 0 Å². The summed E-state index contributed by atoms with van der Waals surface area (Å²) in [6, 6.07) is 9.42. The highest BCUT2D eigenvalue weighted by molar-refractivity contribution is 6.30. The Kier molecular flexibility index (Phi) is 4.35. The van der Waals surface area contributed by atoms with E-state index >= 15 is 0 Å². The van der Waals surface area contributed by atoms with Gasteiger partial charge in [0, 0.05) is 18.0 Å². The topological polar surface area (TPSA) is 60.2 Å². The zero-order valence-corrected chi connectivity index (χ0v) is 14.7. The van der Waals surface area contributed by atoms with E-state index in [9.17, 15) is 18.0 Å². The number of nitrogens with zero attached hydrogens (tertiary/aromatic N) is 4. The normalized spacial score (nSPS) is 11.7. The number of alkyl halides is 3. The van der Waals surface area contributed by atoms with Crippen LogP contribution in [0.3, 0.4) is 0 Å². The SMILES string of the molecule is O=C(c1ccc(Cl)cn1)c1cnn2c(-c3cccc(C(F)(F)F)c3)ccnc12. The van der Waals surface area contributed by atoms with E-state index in [1.807, 2.05) is 0 Å². The molecule has 3 heterocycles. The van der Waals surface area contributed by atoms with Crippen molar-refractivity contribution in [2.24, 2.45) is 0 Å². The van der Waals surface area contributed by atoms with Crippen molar-refractivity contribution in [2.45, 2.75) is 6.18 Å². The van der Waals surface area contributed by atoms with Gasteiger partial charge < -0.3 is 0 Å². The average Bonchev–Trinajstić information content (AvgIpc) is 3.11. The lowest BCUT2D eigenvalue weighted by Gasteiger charge is -2.09. The molecule has 0 radical (unpaired) electrons. The van der Waals surface area contributed by atoms with Crippen LogP contribution < -0.4 is 0 Å². The Hall–Kier alpha value is -3.26. The molecule has 0 N–H and O–H groups in total. The fourth-order valence-corrected chi connectivity index (χ4v) is 2.89. The molecular formula is C19H10ClF3N4O. The molecule has 0 bridgehead atoms. The number of hydrogen-bond acceptors (Lipinski definition) is 4. The molecule has 9 heteroatoms. The van der Waals surface area contributed by atoms with Gasteiger partial charge in [-0.05, 0) is 30.3 Å². The first-order valence-corrected chi connectivity index (χ1v) is 8.39. The molecule has 28 heavy (non-hydrogen) atoms. The number of carbonyl (C=O) groups excluding carboxylic acids is 1. The molecule has 0 amide bonds. The summed E-state index contributed by atoms with van der Waals surface area (Å²) < 4.78 is 40.4. The summed E-state index contributed by atoms with van der Waals surface area (Å²) in [7, 11) is 0. The van der Waals surface area contributed by atoms with Gasteiger partial charge in [0.2, 0.25) is 5.78 Å². The van der Waals surface area contributed by atoms with Gasteiger partial charge >= 0.3 is 6.18 Å². The van der Waals surface area contributed by atoms with Crippen molar-refractivity contribution in [3.05, 3.63) is 82.9 Å². The van der Waals surface area contributed by atoms with Crippen molar-refractivity contribution in [3.8, 4) is 11.3 Å². The third kappa shape index (κ3) is 3.22. The van der Waals surface area contributed by atoms with E-state index in [0.29, 0.717) is 16.3 Å². The molecule has 3 aromatic heterocycles. The Morgan fingerprint density at radius 1 is 1.04 bits per heavy atom. The minimum Gasteiger partial charge on any atom is -0.287 e. The van der Waals surface area contributed by atoms with E-state index in [0.717, 1.165) is 12.1 Å². The first kappa shape index (κ1) is 18.1. The number of hydrogen-bond donors (Lipinski definition) is 0. The monoisotopic (exact) mass is 402 g/mol. The van der Waals surface area contributed by atoms with E-state index < -0.39 is 17.5 Å². The summed E-state index contributed by atoms with van der Waals surface area (Å²) in [5, 5.41) is 4.54. The van der Waals surface area contributed by atoms with Crippen molar-refractivity contribution in [3.63, 3.8) is 0 Å². The Morgan fingerprint density at radius 2 is 1.86 bits per heavy atom. The predicted molar refractivity (Wildman–Crippen MR) is 96.1 cm³/mol. The van der Waals surface area contributed by atoms with Crippen LogP contribution in [0.15, 0.2) is 61.1 Å². The molecule has 0 fully saturated rings. The molecule has 0 atom stereocenters. The lowest BCUT2D eigenvalue weighted by Crippen LogP contribution is -2.06. The van der Waals surface area contributed by atoms with Gasteiger partial charge in [0.15, 0.2) is 5.65 Å². The number of ketones is 1. The van der Waals surface area contributed by atoms with Crippen molar-refractivity contribution in [1.29, 1.82) is 0 Å². The highest BCUT2D eigenvalue weighted by Crippen LogP contribution is 2.32. The number of benzene rings is 1. The van der Waals surface area contributed by atoms with Crippen molar-refractivity contribution in [1.82, 2.24) is 19.6 Å². The van der Waals surface area contributed by atoms with Gasteiger partial charge in [-0.1, -0.05) is 23.7 Å². The molecule has 0 aliphatic rings. The molecule has 4 aromatic rings. The summed E-state index contributed by atoms with van der Waals surface area (Å²) in [6.07, 6.45) is -0.383. The van der Waals surface area contributed by atoms with Gasteiger partial charge in [-0.25, -0.2) is 9.50 Å². The van der Waals surface area contributed by atoms with Gasteiger partial charge in [0.05, 0.1) is 28.0 Å². The van der Waals surface area contributed by atoms with Gasteiger partial charge in [-0.3, -0.25) is 9.78 Å².